The average molecular weight is 502 g/mol. The number of halogens is 1. The van der Waals surface area contributed by atoms with Gasteiger partial charge >= 0.3 is 0 Å². The molecule has 1 N–H and O–H groups in total. The Balaban J connectivity index is 1.41. The Morgan fingerprint density at radius 3 is 2.60 bits per heavy atom. The second kappa shape index (κ2) is 12.2. The molecule has 2 heterocycles. The molecule has 0 aromatic heterocycles. The van der Waals surface area contributed by atoms with Gasteiger partial charge in [0.1, 0.15) is 5.75 Å². The Morgan fingerprint density at radius 2 is 1.83 bits per heavy atom. The lowest BCUT2D eigenvalue weighted by atomic mass is 9.89. The molecular weight excluding hydrogens is 462 g/mol. The van der Waals surface area contributed by atoms with E-state index in [0.29, 0.717) is 29.8 Å². The Hall–Kier alpha value is -2.15. The van der Waals surface area contributed by atoms with Gasteiger partial charge < -0.3 is 24.4 Å². The lowest BCUT2D eigenvalue weighted by molar-refractivity contribution is 0.0715. The van der Waals surface area contributed by atoms with Crippen LogP contribution in [0.1, 0.15) is 51.1 Å². The molecule has 0 amide bonds. The molecule has 2 aliphatic rings. The van der Waals surface area contributed by atoms with Crippen molar-refractivity contribution in [2.75, 3.05) is 51.9 Å². The molecule has 0 spiro atoms. The van der Waals surface area contributed by atoms with E-state index in [2.05, 4.69) is 59.3 Å². The molecule has 2 aromatic rings. The summed E-state index contributed by atoms with van der Waals surface area (Å²) >= 11 is 6.25. The van der Waals surface area contributed by atoms with E-state index in [1.165, 1.54) is 30.5 Å². The molecule has 35 heavy (non-hydrogen) atoms. The zero-order valence-electron chi connectivity index (χ0n) is 21.6. The van der Waals surface area contributed by atoms with Crippen LogP contribution < -0.4 is 24.4 Å². The van der Waals surface area contributed by atoms with Crippen LogP contribution in [0.25, 0.3) is 0 Å². The first-order valence-corrected chi connectivity index (χ1v) is 13.3. The molecular formula is C28H40ClN3O3. The highest BCUT2D eigenvalue weighted by atomic mass is 35.5. The van der Waals surface area contributed by atoms with Gasteiger partial charge in [0.15, 0.2) is 11.5 Å². The minimum atomic E-state index is 0.411. The zero-order valence-corrected chi connectivity index (χ0v) is 22.3. The first kappa shape index (κ1) is 25.9. The molecule has 2 saturated heterocycles. The van der Waals surface area contributed by atoms with Gasteiger partial charge in [0.2, 0.25) is 0 Å². The van der Waals surface area contributed by atoms with Gasteiger partial charge in [-0.25, -0.2) is 0 Å². The molecule has 2 fully saturated rings. The minimum Gasteiger partial charge on any atom is -0.495 e. The van der Waals surface area contributed by atoms with Crippen LogP contribution in [0.4, 0.5) is 5.69 Å². The number of ether oxygens (including phenoxy) is 3. The van der Waals surface area contributed by atoms with Crippen LogP contribution in [0.15, 0.2) is 36.4 Å². The normalized spacial score (nSPS) is 20.6. The van der Waals surface area contributed by atoms with E-state index in [0.717, 1.165) is 49.8 Å². The standard InChI is InChI=1S/C28H40ClN3O3/c1-20(2)30-13-6-16-35-26-12-9-21(17-28(26)34-4)25-8-5-7-23-19-31(14-15-32(23)25)22-10-11-24(29)27(18-22)33-3/h9-12,17-18,20,23,25,30H,5-8,13-16,19H2,1-4H3/t23?,25-/m1/s1. The topological polar surface area (TPSA) is 46.2 Å². The third-order valence-electron chi connectivity index (χ3n) is 7.15. The van der Waals surface area contributed by atoms with Crippen LogP contribution in [0, 0.1) is 0 Å². The summed E-state index contributed by atoms with van der Waals surface area (Å²) in [6, 6.07) is 14.0. The van der Waals surface area contributed by atoms with Gasteiger partial charge in [0, 0.05) is 49.5 Å². The third-order valence-corrected chi connectivity index (χ3v) is 7.46. The summed E-state index contributed by atoms with van der Waals surface area (Å²) in [7, 11) is 3.40. The highest BCUT2D eigenvalue weighted by Gasteiger charge is 2.36. The van der Waals surface area contributed by atoms with E-state index < -0.39 is 0 Å². The van der Waals surface area contributed by atoms with Gasteiger partial charge in [0.25, 0.3) is 0 Å². The maximum atomic E-state index is 6.25. The van der Waals surface area contributed by atoms with E-state index in [9.17, 15) is 0 Å². The van der Waals surface area contributed by atoms with Crippen LogP contribution in [0.5, 0.6) is 17.2 Å². The number of fused-ring (bicyclic) bond motifs is 1. The van der Waals surface area contributed by atoms with E-state index >= 15 is 0 Å². The molecule has 0 radical (unpaired) electrons. The largest absolute Gasteiger partial charge is 0.495 e. The number of hydrogen-bond donors (Lipinski definition) is 1. The summed E-state index contributed by atoms with van der Waals surface area (Å²) in [5.74, 6) is 2.39. The van der Waals surface area contributed by atoms with Crippen molar-refractivity contribution in [1.29, 1.82) is 0 Å². The number of piperidine rings is 1. The number of nitrogens with zero attached hydrogens (tertiary/aromatic N) is 2. The summed E-state index contributed by atoms with van der Waals surface area (Å²) in [6.45, 7) is 8.99. The van der Waals surface area contributed by atoms with Crippen LogP contribution in [0.2, 0.25) is 5.02 Å². The van der Waals surface area contributed by atoms with Gasteiger partial charge in [-0.2, -0.15) is 0 Å². The van der Waals surface area contributed by atoms with E-state index in [1.54, 1.807) is 14.2 Å². The van der Waals surface area contributed by atoms with Crippen molar-refractivity contribution < 1.29 is 14.2 Å². The van der Waals surface area contributed by atoms with Gasteiger partial charge in [-0.05, 0) is 62.1 Å². The fourth-order valence-corrected chi connectivity index (χ4v) is 5.54. The van der Waals surface area contributed by atoms with E-state index in [1.807, 2.05) is 6.07 Å². The predicted octanol–water partition coefficient (Wildman–Crippen LogP) is 5.54. The number of hydrogen-bond acceptors (Lipinski definition) is 6. The average Bonchev–Trinajstić information content (AvgIpc) is 2.88. The summed E-state index contributed by atoms with van der Waals surface area (Å²) < 4.78 is 17.2. The molecule has 7 heteroatoms. The molecule has 6 nitrogen and oxygen atoms in total. The van der Waals surface area contributed by atoms with Crippen molar-refractivity contribution >= 4 is 17.3 Å². The number of anilines is 1. The van der Waals surface area contributed by atoms with Crippen LogP contribution in [0.3, 0.4) is 0 Å². The molecule has 0 saturated carbocycles. The Bertz CT molecular complexity index is 970. The first-order chi connectivity index (χ1) is 17.0. The fourth-order valence-electron chi connectivity index (χ4n) is 5.34. The number of rotatable bonds is 10. The second-order valence-corrected chi connectivity index (χ2v) is 10.2. The van der Waals surface area contributed by atoms with E-state index in [-0.39, 0.29) is 0 Å². The Labute approximate surface area is 215 Å². The lowest BCUT2D eigenvalue weighted by Crippen LogP contribution is -2.55. The van der Waals surface area contributed by atoms with Crippen molar-refractivity contribution in [3.8, 4) is 17.2 Å². The van der Waals surface area contributed by atoms with Crippen molar-refractivity contribution in [2.24, 2.45) is 0 Å². The van der Waals surface area contributed by atoms with Gasteiger partial charge in [-0.1, -0.05) is 31.5 Å². The summed E-state index contributed by atoms with van der Waals surface area (Å²) in [4.78, 5) is 5.16. The summed E-state index contributed by atoms with van der Waals surface area (Å²) in [6.07, 6.45) is 4.60. The van der Waals surface area contributed by atoms with Gasteiger partial charge in [0.05, 0.1) is 25.8 Å². The molecule has 2 aliphatic heterocycles. The quantitative estimate of drug-likeness (QED) is 0.431. The highest BCUT2D eigenvalue weighted by Crippen LogP contribution is 2.40. The Morgan fingerprint density at radius 1 is 1.00 bits per heavy atom. The number of benzene rings is 2. The smallest absolute Gasteiger partial charge is 0.161 e. The molecule has 2 atom stereocenters. The van der Waals surface area contributed by atoms with Gasteiger partial charge in [-0.3, -0.25) is 4.90 Å². The molecule has 0 aliphatic carbocycles. The highest BCUT2D eigenvalue weighted by molar-refractivity contribution is 6.32. The van der Waals surface area contributed by atoms with Crippen molar-refractivity contribution in [1.82, 2.24) is 10.2 Å². The third kappa shape index (κ3) is 6.35. The number of methoxy groups -OCH3 is 2. The van der Waals surface area contributed by atoms with Gasteiger partial charge in [-0.15, -0.1) is 0 Å². The van der Waals surface area contributed by atoms with Crippen LogP contribution in [-0.2, 0) is 0 Å². The maximum Gasteiger partial charge on any atom is 0.161 e. The molecule has 1 unspecified atom stereocenters. The summed E-state index contributed by atoms with van der Waals surface area (Å²) in [5, 5.41) is 4.08. The van der Waals surface area contributed by atoms with Crippen molar-refractivity contribution in [3.05, 3.63) is 47.0 Å². The zero-order chi connectivity index (χ0) is 24.8. The van der Waals surface area contributed by atoms with Crippen molar-refractivity contribution in [2.45, 2.75) is 57.7 Å². The second-order valence-electron chi connectivity index (χ2n) is 9.82. The maximum absolute atomic E-state index is 6.25. The Kier molecular flexibility index (Phi) is 9.04. The van der Waals surface area contributed by atoms with Crippen molar-refractivity contribution in [3.63, 3.8) is 0 Å². The lowest BCUT2D eigenvalue weighted by Gasteiger charge is -2.49. The predicted molar refractivity (Wildman–Crippen MR) is 144 cm³/mol. The van der Waals surface area contributed by atoms with Crippen LogP contribution >= 0.6 is 11.6 Å². The number of nitrogens with one attached hydrogen (secondary N) is 1. The molecule has 4 rings (SSSR count). The number of piperazine rings is 1. The fraction of sp³-hybridized carbons (Fsp3) is 0.571. The molecule has 2 aromatic carbocycles. The monoisotopic (exact) mass is 501 g/mol. The summed E-state index contributed by atoms with van der Waals surface area (Å²) in [5.41, 5.74) is 2.50. The van der Waals surface area contributed by atoms with Crippen LogP contribution in [-0.4, -0.2) is 64.0 Å². The SMILES string of the molecule is COc1cc(N2CCN3C(CCC[C@@H]3c3ccc(OCCCNC(C)C)c(OC)c3)C2)ccc1Cl. The first-order valence-electron chi connectivity index (χ1n) is 12.9. The molecule has 192 valence electrons. The minimum absolute atomic E-state index is 0.411. The van der Waals surface area contributed by atoms with E-state index in [4.69, 9.17) is 25.8 Å². The molecule has 0 bridgehead atoms.